The molecule has 6 nitrogen and oxygen atoms in total. The van der Waals surface area contributed by atoms with E-state index in [1.807, 2.05) is 0 Å². The molecule has 4 atom stereocenters. The predicted molar refractivity (Wildman–Crippen MR) is 71.7 cm³/mol. The Bertz CT molecular complexity index is 361. The lowest BCUT2D eigenvalue weighted by Crippen LogP contribution is -2.55. The van der Waals surface area contributed by atoms with Crippen molar-refractivity contribution in [1.29, 1.82) is 0 Å². The smallest absolute Gasteiger partial charge is 0.223 e. The van der Waals surface area contributed by atoms with Crippen LogP contribution in [0.25, 0.3) is 0 Å². The molecule has 1 amide bonds. The number of likely N-dealkylation sites (tertiary alicyclic amines) is 1. The van der Waals surface area contributed by atoms with E-state index in [0.29, 0.717) is 24.8 Å². The Labute approximate surface area is 119 Å². The number of amides is 1. The minimum atomic E-state index is -1.55. The summed E-state index contributed by atoms with van der Waals surface area (Å²) in [4.78, 5) is 13.6. The molecule has 6 heteroatoms. The van der Waals surface area contributed by atoms with Crippen LogP contribution in [0.5, 0.6) is 0 Å². The Kier molecular flexibility index (Phi) is 4.69. The van der Waals surface area contributed by atoms with Crippen LogP contribution >= 0.6 is 0 Å². The SMILES string of the molecule is CC(C)CC1CC(=O)N(CC2(O)CC(O)C(O)CO2)C1. The van der Waals surface area contributed by atoms with Crippen molar-refractivity contribution < 1.29 is 24.9 Å². The van der Waals surface area contributed by atoms with Gasteiger partial charge in [-0.2, -0.15) is 0 Å². The average Bonchev–Trinajstić information content (AvgIpc) is 2.63. The van der Waals surface area contributed by atoms with Crippen molar-refractivity contribution in [1.82, 2.24) is 4.90 Å². The first-order valence-electron chi connectivity index (χ1n) is 7.29. The minimum Gasteiger partial charge on any atom is -0.390 e. The quantitative estimate of drug-likeness (QED) is 0.661. The van der Waals surface area contributed by atoms with Crippen molar-refractivity contribution in [3.8, 4) is 0 Å². The van der Waals surface area contributed by atoms with Crippen LogP contribution < -0.4 is 0 Å². The molecule has 2 fully saturated rings. The van der Waals surface area contributed by atoms with Crippen molar-refractivity contribution in [2.24, 2.45) is 11.8 Å². The third kappa shape index (κ3) is 3.69. The Hall–Kier alpha value is -0.690. The predicted octanol–water partition coefficient (Wildman–Crippen LogP) is -0.288. The van der Waals surface area contributed by atoms with Crippen molar-refractivity contribution in [3.63, 3.8) is 0 Å². The number of hydrogen-bond acceptors (Lipinski definition) is 5. The molecule has 0 aromatic rings. The Morgan fingerprint density at radius 1 is 1.40 bits per heavy atom. The maximum atomic E-state index is 12.0. The van der Waals surface area contributed by atoms with Gasteiger partial charge in [0.2, 0.25) is 5.91 Å². The van der Waals surface area contributed by atoms with E-state index >= 15 is 0 Å². The highest BCUT2D eigenvalue weighted by molar-refractivity contribution is 5.78. The molecule has 0 aromatic carbocycles. The van der Waals surface area contributed by atoms with E-state index in [2.05, 4.69) is 13.8 Å². The van der Waals surface area contributed by atoms with Gasteiger partial charge in [0, 0.05) is 19.4 Å². The van der Waals surface area contributed by atoms with Gasteiger partial charge in [0.25, 0.3) is 0 Å². The number of rotatable bonds is 4. The summed E-state index contributed by atoms with van der Waals surface area (Å²) in [7, 11) is 0. The average molecular weight is 287 g/mol. The summed E-state index contributed by atoms with van der Waals surface area (Å²) in [6.07, 6.45) is -0.564. The van der Waals surface area contributed by atoms with Crippen molar-refractivity contribution >= 4 is 5.91 Å². The first-order chi connectivity index (χ1) is 9.29. The van der Waals surface area contributed by atoms with Gasteiger partial charge in [-0.15, -0.1) is 0 Å². The minimum absolute atomic E-state index is 0.0216. The molecule has 116 valence electrons. The zero-order valence-electron chi connectivity index (χ0n) is 12.2. The van der Waals surface area contributed by atoms with Gasteiger partial charge in [-0.25, -0.2) is 0 Å². The Balaban J connectivity index is 1.91. The number of ether oxygens (including phenoxy) is 1. The zero-order valence-corrected chi connectivity index (χ0v) is 12.2. The van der Waals surface area contributed by atoms with E-state index in [9.17, 15) is 20.1 Å². The fourth-order valence-electron chi connectivity index (χ4n) is 3.11. The topological polar surface area (TPSA) is 90.2 Å². The summed E-state index contributed by atoms with van der Waals surface area (Å²) in [6.45, 7) is 4.83. The maximum absolute atomic E-state index is 12.0. The molecular formula is C14H25NO5. The fraction of sp³-hybridized carbons (Fsp3) is 0.929. The van der Waals surface area contributed by atoms with Gasteiger partial charge in [0.1, 0.15) is 6.10 Å². The summed E-state index contributed by atoms with van der Waals surface area (Å²) in [5, 5.41) is 29.3. The number of carbonyl (C=O) groups excluding carboxylic acids is 1. The van der Waals surface area contributed by atoms with Gasteiger partial charge in [0.05, 0.1) is 19.3 Å². The first-order valence-corrected chi connectivity index (χ1v) is 7.29. The summed E-state index contributed by atoms with van der Waals surface area (Å²) in [6, 6.07) is 0. The van der Waals surface area contributed by atoms with Crippen molar-refractivity contribution in [3.05, 3.63) is 0 Å². The molecule has 4 unspecified atom stereocenters. The molecule has 0 saturated carbocycles. The Morgan fingerprint density at radius 2 is 2.10 bits per heavy atom. The lowest BCUT2D eigenvalue weighted by atomic mass is 9.96. The van der Waals surface area contributed by atoms with Crippen LogP contribution in [0.4, 0.5) is 0 Å². The van der Waals surface area contributed by atoms with E-state index in [-0.39, 0.29) is 25.5 Å². The Morgan fingerprint density at radius 3 is 2.70 bits per heavy atom. The molecule has 3 N–H and O–H groups in total. The van der Waals surface area contributed by atoms with Gasteiger partial charge >= 0.3 is 0 Å². The maximum Gasteiger partial charge on any atom is 0.223 e. The molecular weight excluding hydrogens is 262 g/mol. The number of carbonyl (C=O) groups is 1. The molecule has 2 aliphatic rings. The second-order valence-corrected chi connectivity index (χ2v) is 6.57. The zero-order chi connectivity index (χ0) is 14.9. The first kappa shape index (κ1) is 15.7. The van der Waals surface area contributed by atoms with E-state index < -0.39 is 18.0 Å². The summed E-state index contributed by atoms with van der Waals surface area (Å²) in [5.41, 5.74) is 0. The van der Waals surface area contributed by atoms with Crippen LogP contribution in [0.1, 0.15) is 33.1 Å². The molecule has 2 aliphatic heterocycles. The fourth-order valence-corrected chi connectivity index (χ4v) is 3.11. The van der Waals surface area contributed by atoms with Gasteiger partial charge in [0.15, 0.2) is 5.79 Å². The van der Waals surface area contributed by atoms with Crippen LogP contribution in [-0.2, 0) is 9.53 Å². The van der Waals surface area contributed by atoms with E-state index in [1.165, 1.54) is 0 Å². The summed E-state index contributed by atoms with van der Waals surface area (Å²) >= 11 is 0. The summed E-state index contributed by atoms with van der Waals surface area (Å²) < 4.78 is 5.23. The third-order valence-corrected chi connectivity index (χ3v) is 4.03. The van der Waals surface area contributed by atoms with Gasteiger partial charge < -0.3 is 25.0 Å². The number of β-amino-alcohol motifs (C(OH)–C–C–N with tert-alkyl or cyclic N) is 1. The molecule has 0 spiro atoms. The molecule has 2 rings (SSSR count). The monoisotopic (exact) mass is 287 g/mol. The molecule has 0 aliphatic carbocycles. The van der Waals surface area contributed by atoms with E-state index in [0.717, 1.165) is 6.42 Å². The number of hydrogen-bond donors (Lipinski definition) is 3. The molecule has 20 heavy (non-hydrogen) atoms. The van der Waals surface area contributed by atoms with Crippen LogP contribution in [0.3, 0.4) is 0 Å². The van der Waals surface area contributed by atoms with Crippen LogP contribution in [0, 0.1) is 11.8 Å². The standard InChI is InChI=1S/C14H25NO5/c1-9(2)3-10-4-13(18)15(6-10)8-14(19)5-11(16)12(17)7-20-14/h9-12,16-17,19H,3-8H2,1-2H3. The number of nitrogens with zero attached hydrogens (tertiary/aromatic N) is 1. The normalized spacial score (nSPS) is 38.8. The molecule has 0 bridgehead atoms. The van der Waals surface area contributed by atoms with Crippen LogP contribution in [0.2, 0.25) is 0 Å². The molecule has 0 aromatic heterocycles. The van der Waals surface area contributed by atoms with Crippen molar-refractivity contribution in [2.75, 3.05) is 19.7 Å². The highest BCUT2D eigenvalue weighted by Crippen LogP contribution is 2.29. The number of aliphatic hydroxyl groups excluding tert-OH is 2. The van der Waals surface area contributed by atoms with Gasteiger partial charge in [-0.05, 0) is 18.3 Å². The van der Waals surface area contributed by atoms with E-state index in [4.69, 9.17) is 4.74 Å². The largest absolute Gasteiger partial charge is 0.390 e. The van der Waals surface area contributed by atoms with E-state index in [1.54, 1.807) is 4.90 Å². The van der Waals surface area contributed by atoms with Crippen molar-refractivity contribution in [2.45, 2.75) is 51.1 Å². The van der Waals surface area contributed by atoms with Gasteiger partial charge in [-0.3, -0.25) is 4.79 Å². The highest BCUT2D eigenvalue weighted by atomic mass is 16.6. The third-order valence-electron chi connectivity index (χ3n) is 4.03. The highest BCUT2D eigenvalue weighted by Gasteiger charge is 2.43. The number of aliphatic hydroxyl groups is 3. The van der Waals surface area contributed by atoms with Gasteiger partial charge in [-0.1, -0.05) is 13.8 Å². The lowest BCUT2D eigenvalue weighted by Gasteiger charge is -2.39. The second-order valence-electron chi connectivity index (χ2n) is 6.57. The molecule has 2 saturated heterocycles. The summed E-state index contributed by atoms with van der Waals surface area (Å²) in [5.74, 6) is -0.668. The molecule has 2 heterocycles. The van der Waals surface area contributed by atoms with Crippen LogP contribution in [-0.4, -0.2) is 63.8 Å². The molecule has 0 radical (unpaired) electrons. The second kappa shape index (κ2) is 5.97. The lowest BCUT2D eigenvalue weighted by molar-refractivity contribution is -0.273. The van der Waals surface area contributed by atoms with Crippen LogP contribution in [0.15, 0.2) is 0 Å².